The maximum absolute atomic E-state index is 12.4. The van der Waals surface area contributed by atoms with Crippen LogP contribution in [0.25, 0.3) is 0 Å². The molecule has 0 aromatic carbocycles. The van der Waals surface area contributed by atoms with E-state index in [2.05, 4.69) is 5.32 Å². The summed E-state index contributed by atoms with van der Waals surface area (Å²) in [6, 6.07) is -0.418. The highest BCUT2D eigenvalue weighted by atomic mass is 16.5. The van der Waals surface area contributed by atoms with Crippen LogP contribution in [0.3, 0.4) is 0 Å². The van der Waals surface area contributed by atoms with Crippen LogP contribution in [0.4, 0.5) is 0 Å². The Bertz CT molecular complexity index is 356. The summed E-state index contributed by atoms with van der Waals surface area (Å²) >= 11 is 0. The Morgan fingerprint density at radius 1 is 1.37 bits per heavy atom. The van der Waals surface area contributed by atoms with Crippen molar-refractivity contribution in [2.24, 2.45) is 5.41 Å². The van der Waals surface area contributed by atoms with Crippen LogP contribution in [0.1, 0.15) is 40.0 Å². The summed E-state index contributed by atoms with van der Waals surface area (Å²) in [6.45, 7) is 7.53. The molecular weight excluding hydrogens is 244 g/mol. The summed E-state index contributed by atoms with van der Waals surface area (Å²) < 4.78 is 5.56. The van der Waals surface area contributed by atoms with Gasteiger partial charge in [-0.3, -0.25) is 9.59 Å². The van der Waals surface area contributed by atoms with Gasteiger partial charge in [0.25, 0.3) is 0 Å². The van der Waals surface area contributed by atoms with Gasteiger partial charge in [0.05, 0.1) is 12.6 Å². The molecule has 2 saturated heterocycles. The molecule has 108 valence electrons. The maximum atomic E-state index is 12.4. The first kappa shape index (κ1) is 14.3. The first-order valence-electron chi connectivity index (χ1n) is 7.07. The van der Waals surface area contributed by atoms with Crippen LogP contribution < -0.4 is 5.32 Å². The molecule has 0 aromatic heterocycles. The van der Waals surface area contributed by atoms with Gasteiger partial charge in [0.15, 0.2) is 0 Å². The number of hydrogen-bond acceptors (Lipinski definition) is 3. The highest BCUT2D eigenvalue weighted by molar-refractivity contribution is 5.95. The number of carbonyl (C=O) groups excluding carboxylic acids is 2. The van der Waals surface area contributed by atoms with Crippen molar-refractivity contribution >= 4 is 11.8 Å². The van der Waals surface area contributed by atoms with Crippen LogP contribution >= 0.6 is 0 Å². The molecule has 0 bridgehead atoms. The van der Waals surface area contributed by atoms with Crippen molar-refractivity contribution in [1.29, 1.82) is 0 Å². The largest absolute Gasteiger partial charge is 0.378 e. The molecule has 19 heavy (non-hydrogen) atoms. The molecule has 0 saturated carbocycles. The van der Waals surface area contributed by atoms with E-state index in [0.29, 0.717) is 6.54 Å². The topological polar surface area (TPSA) is 58.6 Å². The zero-order valence-corrected chi connectivity index (χ0v) is 12.1. The monoisotopic (exact) mass is 268 g/mol. The fraction of sp³-hybridized carbons (Fsp3) is 0.857. The van der Waals surface area contributed by atoms with Crippen molar-refractivity contribution < 1.29 is 14.3 Å². The molecule has 0 spiro atoms. The molecule has 2 amide bonds. The van der Waals surface area contributed by atoms with Crippen molar-refractivity contribution in [1.82, 2.24) is 10.2 Å². The van der Waals surface area contributed by atoms with Gasteiger partial charge in [0, 0.05) is 13.2 Å². The Hall–Kier alpha value is -1.10. The first-order chi connectivity index (χ1) is 8.88. The minimum absolute atomic E-state index is 0.0325. The number of rotatable bonds is 3. The second-order valence-electron chi connectivity index (χ2n) is 6.55. The standard InChI is InChI=1S/C14H24N2O3/c1-14(2,3)12-13(18)16(9-11(17)15-12)7-6-10-5-4-8-19-10/h10,12H,4-9H2,1-3H3,(H,15,17). The number of hydrogen-bond donors (Lipinski definition) is 1. The van der Waals surface area contributed by atoms with E-state index in [9.17, 15) is 9.59 Å². The van der Waals surface area contributed by atoms with Gasteiger partial charge >= 0.3 is 0 Å². The molecule has 2 heterocycles. The van der Waals surface area contributed by atoms with Gasteiger partial charge in [-0.1, -0.05) is 20.8 Å². The van der Waals surface area contributed by atoms with Gasteiger partial charge in [0.2, 0.25) is 11.8 Å². The van der Waals surface area contributed by atoms with Crippen LogP contribution in [0, 0.1) is 5.41 Å². The van der Waals surface area contributed by atoms with Crippen LogP contribution in [-0.2, 0) is 14.3 Å². The van der Waals surface area contributed by atoms with Crippen molar-refractivity contribution in [2.45, 2.75) is 52.2 Å². The molecule has 2 aliphatic rings. The number of ether oxygens (including phenoxy) is 1. The Morgan fingerprint density at radius 3 is 2.68 bits per heavy atom. The van der Waals surface area contributed by atoms with Gasteiger partial charge < -0.3 is 15.0 Å². The highest BCUT2D eigenvalue weighted by Crippen LogP contribution is 2.24. The maximum Gasteiger partial charge on any atom is 0.246 e. The van der Waals surface area contributed by atoms with Gasteiger partial charge in [-0.15, -0.1) is 0 Å². The van der Waals surface area contributed by atoms with Crippen LogP contribution in [-0.4, -0.2) is 48.6 Å². The zero-order valence-electron chi connectivity index (χ0n) is 12.1. The smallest absolute Gasteiger partial charge is 0.246 e. The number of nitrogens with zero attached hydrogens (tertiary/aromatic N) is 1. The molecule has 2 fully saturated rings. The molecule has 2 atom stereocenters. The normalized spacial score (nSPS) is 28.7. The molecule has 1 N–H and O–H groups in total. The number of piperazine rings is 1. The van der Waals surface area contributed by atoms with Crippen molar-refractivity contribution in [3.05, 3.63) is 0 Å². The van der Waals surface area contributed by atoms with Crippen molar-refractivity contribution in [3.63, 3.8) is 0 Å². The average molecular weight is 268 g/mol. The third-order valence-corrected chi connectivity index (χ3v) is 3.81. The van der Waals surface area contributed by atoms with E-state index in [1.807, 2.05) is 20.8 Å². The summed E-state index contributed by atoms with van der Waals surface area (Å²) in [5.41, 5.74) is -0.255. The van der Waals surface area contributed by atoms with Gasteiger partial charge in [-0.2, -0.15) is 0 Å². The highest BCUT2D eigenvalue weighted by Gasteiger charge is 2.39. The molecule has 2 aliphatic heterocycles. The fourth-order valence-corrected chi connectivity index (χ4v) is 2.65. The zero-order chi connectivity index (χ0) is 14.0. The summed E-state index contributed by atoms with van der Waals surface area (Å²) in [6.07, 6.45) is 3.25. The van der Waals surface area contributed by atoms with E-state index in [1.54, 1.807) is 4.90 Å². The lowest BCUT2D eigenvalue weighted by molar-refractivity contribution is -0.147. The van der Waals surface area contributed by atoms with Crippen molar-refractivity contribution in [3.8, 4) is 0 Å². The van der Waals surface area contributed by atoms with Crippen LogP contribution in [0.5, 0.6) is 0 Å². The molecule has 5 heteroatoms. The van der Waals surface area contributed by atoms with Crippen LogP contribution in [0.15, 0.2) is 0 Å². The van der Waals surface area contributed by atoms with E-state index in [1.165, 1.54) is 0 Å². The van der Waals surface area contributed by atoms with Crippen LogP contribution in [0.2, 0.25) is 0 Å². The molecular formula is C14H24N2O3. The Kier molecular flexibility index (Phi) is 4.13. The second kappa shape index (κ2) is 5.49. The van der Waals surface area contributed by atoms with E-state index in [4.69, 9.17) is 4.74 Å². The number of carbonyl (C=O) groups is 2. The van der Waals surface area contributed by atoms with Crippen molar-refractivity contribution in [2.75, 3.05) is 19.7 Å². The van der Waals surface area contributed by atoms with E-state index < -0.39 is 6.04 Å². The summed E-state index contributed by atoms with van der Waals surface area (Å²) in [5.74, 6) is -0.0306. The molecule has 0 aliphatic carbocycles. The van der Waals surface area contributed by atoms with Gasteiger partial charge in [-0.25, -0.2) is 0 Å². The number of nitrogens with one attached hydrogen (secondary N) is 1. The predicted molar refractivity (Wildman–Crippen MR) is 71.6 cm³/mol. The molecule has 5 nitrogen and oxygen atoms in total. The quantitative estimate of drug-likeness (QED) is 0.828. The third kappa shape index (κ3) is 3.47. The lowest BCUT2D eigenvalue weighted by atomic mass is 9.84. The average Bonchev–Trinajstić information content (AvgIpc) is 2.81. The van der Waals surface area contributed by atoms with Gasteiger partial charge in [-0.05, 0) is 24.7 Å². The summed E-state index contributed by atoms with van der Waals surface area (Å²) in [5, 5.41) is 2.80. The summed E-state index contributed by atoms with van der Waals surface area (Å²) in [7, 11) is 0. The lowest BCUT2D eigenvalue weighted by Gasteiger charge is -2.39. The Labute approximate surface area is 114 Å². The molecule has 0 radical (unpaired) electrons. The Morgan fingerprint density at radius 2 is 2.11 bits per heavy atom. The first-order valence-corrected chi connectivity index (χ1v) is 7.07. The number of amides is 2. The van der Waals surface area contributed by atoms with Gasteiger partial charge in [0.1, 0.15) is 6.04 Å². The third-order valence-electron chi connectivity index (χ3n) is 3.81. The SMILES string of the molecule is CC(C)(C)C1NC(=O)CN(CCC2CCCO2)C1=O. The summed E-state index contributed by atoms with van der Waals surface area (Å²) in [4.78, 5) is 25.8. The molecule has 2 rings (SSSR count). The molecule has 0 aromatic rings. The van der Waals surface area contributed by atoms with E-state index >= 15 is 0 Å². The minimum atomic E-state index is -0.418. The predicted octanol–water partition coefficient (Wildman–Crippen LogP) is 0.929. The lowest BCUT2D eigenvalue weighted by Crippen LogP contribution is -2.62. The molecule has 2 unspecified atom stereocenters. The fourth-order valence-electron chi connectivity index (χ4n) is 2.65. The Balaban J connectivity index is 1.95. The van der Waals surface area contributed by atoms with E-state index in [-0.39, 0.29) is 29.9 Å². The minimum Gasteiger partial charge on any atom is -0.378 e. The second-order valence-corrected chi connectivity index (χ2v) is 6.55. The van der Waals surface area contributed by atoms with E-state index in [0.717, 1.165) is 25.9 Å².